The maximum atomic E-state index is 14.2. The summed E-state index contributed by atoms with van der Waals surface area (Å²) in [5, 5.41) is 8.19. The highest BCUT2D eigenvalue weighted by atomic mass is 16.5. The zero-order valence-electron chi connectivity index (χ0n) is 28.8. The van der Waals surface area contributed by atoms with Crippen LogP contribution in [0.15, 0.2) is 48.9 Å². The summed E-state index contributed by atoms with van der Waals surface area (Å²) in [7, 11) is 0. The molecule has 2 aromatic rings. The van der Waals surface area contributed by atoms with Gasteiger partial charge in [-0.05, 0) is 23.8 Å². The number of Topliss-reactive ketones (excluding diaryl/α,β-unsaturated/α-hetero) is 2. The van der Waals surface area contributed by atoms with E-state index >= 15 is 0 Å². The van der Waals surface area contributed by atoms with Crippen LogP contribution >= 0.6 is 0 Å². The molecule has 4 amide bonds. The molecule has 1 aliphatic heterocycles. The van der Waals surface area contributed by atoms with Crippen molar-refractivity contribution >= 4 is 35.2 Å². The van der Waals surface area contributed by atoms with Crippen LogP contribution in [-0.2, 0) is 35.3 Å². The number of hydrogen-bond acceptors (Lipinski definition) is 9. The number of hydrogen-bond donors (Lipinski definition) is 3. The number of likely N-dealkylation sites (tertiary alicyclic amines) is 1. The largest absolute Gasteiger partial charge is 0.372 e. The summed E-state index contributed by atoms with van der Waals surface area (Å²) in [6.07, 6.45) is 3.91. The Hall–Kier alpha value is -4.52. The average molecular weight is 665 g/mol. The zero-order valence-corrected chi connectivity index (χ0v) is 28.8. The first kappa shape index (κ1) is 37.9. The third-order valence-corrected chi connectivity index (χ3v) is 8.25. The van der Waals surface area contributed by atoms with Crippen molar-refractivity contribution in [2.24, 2.45) is 17.8 Å². The molecular weight excluding hydrogens is 616 g/mol. The maximum Gasteiger partial charge on any atom is 0.272 e. The molecule has 1 fully saturated rings. The van der Waals surface area contributed by atoms with Gasteiger partial charge in [-0.25, -0.2) is 4.98 Å². The number of benzene rings is 1. The van der Waals surface area contributed by atoms with Crippen LogP contribution in [0.3, 0.4) is 0 Å². The van der Waals surface area contributed by atoms with Crippen LogP contribution in [0.5, 0.6) is 0 Å². The monoisotopic (exact) mass is 664 g/mol. The Kier molecular flexibility index (Phi) is 13.9. The normalized spacial score (nSPS) is 17.9. The van der Waals surface area contributed by atoms with Gasteiger partial charge in [0.15, 0.2) is 0 Å². The van der Waals surface area contributed by atoms with Crippen LogP contribution in [-0.4, -0.2) is 86.9 Å². The van der Waals surface area contributed by atoms with E-state index < -0.39 is 77.3 Å². The van der Waals surface area contributed by atoms with Gasteiger partial charge in [-0.15, -0.1) is 0 Å². The Morgan fingerprint density at radius 2 is 1.54 bits per heavy atom. The summed E-state index contributed by atoms with van der Waals surface area (Å²) >= 11 is 0. The van der Waals surface area contributed by atoms with Gasteiger partial charge in [0.2, 0.25) is 29.3 Å². The number of aromatic nitrogens is 2. The summed E-state index contributed by atoms with van der Waals surface area (Å²) in [4.78, 5) is 88.9. The Bertz CT molecular complexity index is 1430. The number of carbonyl (C=O) groups is 6. The Morgan fingerprint density at radius 3 is 2.10 bits per heavy atom. The van der Waals surface area contributed by atoms with E-state index in [1.165, 1.54) is 23.5 Å². The average Bonchev–Trinajstić information content (AvgIpc) is 3.51. The van der Waals surface area contributed by atoms with Crippen LogP contribution in [0.25, 0.3) is 0 Å². The summed E-state index contributed by atoms with van der Waals surface area (Å²) < 4.78 is 6.13. The van der Waals surface area contributed by atoms with Crippen molar-refractivity contribution in [2.75, 3.05) is 6.54 Å². The Morgan fingerprint density at radius 1 is 0.875 bits per heavy atom. The number of rotatable bonds is 16. The number of nitrogens with one attached hydrogen (secondary N) is 3. The second-order valence-electron chi connectivity index (χ2n) is 13.0. The predicted molar refractivity (Wildman–Crippen MR) is 177 cm³/mol. The molecule has 3 rings (SSSR count). The molecular formula is C35H48N6O7. The summed E-state index contributed by atoms with van der Waals surface area (Å²) in [6, 6.07) is 5.35. The molecule has 5 atom stereocenters. The smallest absolute Gasteiger partial charge is 0.272 e. The van der Waals surface area contributed by atoms with Gasteiger partial charge in [0.1, 0.15) is 23.8 Å². The second kappa shape index (κ2) is 17.6. The van der Waals surface area contributed by atoms with Crippen molar-refractivity contribution in [2.45, 2.75) is 98.2 Å². The molecule has 1 aliphatic rings. The first-order valence-electron chi connectivity index (χ1n) is 16.5. The molecule has 13 nitrogen and oxygen atoms in total. The van der Waals surface area contributed by atoms with Gasteiger partial charge in [-0.1, -0.05) is 78.8 Å². The molecule has 1 aromatic heterocycles. The second-order valence-corrected chi connectivity index (χ2v) is 13.0. The topological polar surface area (TPSA) is 177 Å². The highest BCUT2D eigenvalue weighted by Gasteiger charge is 2.44. The fourth-order valence-corrected chi connectivity index (χ4v) is 5.38. The van der Waals surface area contributed by atoms with E-state index in [2.05, 4.69) is 25.9 Å². The van der Waals surface area contributed by atoms with Crippen LogP contribution in [0, 0.1) is 17.8 Å². The molecule has 0 radical (unpaired) electrons. The lowest BCUT2D eigenvalue weighted by Gasteiger charge is -2.32. The third-order valence-electron chi connectivity index (χ3n) is 8.25. The minimum absolute atomic E-state index is 0.0406. The Labute approximate surface area is 282 Å². The number of nitrogens with zero attached hydrogens (tertiary/aromatic N) is 3. The van der Waals surface area contributed by atoms with Gasteiger partial charge in [-0.3, -0.25) is 33.8 Å². The quantitative estimate of drug-likeness (QED) is 0.227. The lowest BCUT2D eigenvalue weighted by atomic mass is 9.97. The van der Waals surface area contributed by atoms with Crippen molar-refractivity contribution < 1.29 is 33.5 Å². The molecule has 2 heterocycles. The van der Waals surface area contributed by atoms with E-state index in [1.807, 2.05) is 30.3 Å². The molecule has 0 bridgehead atoms. The number of ketones is 2. The highest BCUT2D eigenvalue weighted by molar-refractivity contribution is 6.40. The van der Waals surface area contributed by atoms with E-state index in [-0.39, 0.29) is 37.6 Å². The molecule has 13 heteroatoms. The van der Waals surface area contributed by atoms with Crippen molar-refractivity contribution in [1.29, 1.82) is 0 Å². The lowest BCUT2D eigenvalue weighted by molar-refractivity contribution is -0.144. The Balaban J connectivity index is 1.84. The fraction of sp³-hybridized carbons (Fsp3) is 0.543. The molecule has 260 valence electrons. The highest BCUT2D eigenvalue weighted by Crippen LogP contribution is 2.25. The predicted octanol–water partition coefficient (Wildman–Crippen LogP) is 2.25. The molecule has 0 saturated carbocycles. The van der Waals surface area contributed by atoms with Crippen molar-refractivity contribution in [3.8, 4) is 0 Å². The van der Waals surface area contributed by atoms with Gasteiger partial charge in [0.25, 0.3) is 5.91 Å². The molecule has 1 aromatic carbocycles. The van der Waals surface area contributed by atoms with Crippen LogP contribution in [0.2, 0.25) is 0 Å². The minimum atomic E-state index is -1.05. The van der Waals surface area contributed by atoms with Gasteiger partial charge >= 0.3 is 0 Å². The molecule has 1 unspecified atom stereocenters. The number of carbonyl (C=O) groups excluding carboxylic acids is 6. The molecule has 1 saturated heterocycles. The summed E-state index contributed by atoms with van der Waals surface area (Å²) in [6.45, 7) is 12.3. The first-order valence-corrected chi connectivity index (χ1v) is 16.5. The van der Waals surface area contributed by atoms with Crippen molar-refractivity contribution in [3.63, 3.8) is 0 Å². The van der Waals surface area contributed by atoms with Gasteiger partial charge < -0.3 is 25.6 Å². The van der Waals surface area contributed by atoms with Gasteiger partial charge in [0.05, 0.1) is 24.9 Å². The molecule has 48 heavy (non-hydrogen) atoms. The van der Waals surface area contributed by atoms with E-state index in [0.717, 1.165) is 5.56 Å². The fourth-order valence-electron chi connectivity index (χ4n) is 5.38. The number of amides is 4. The third kappa shape index (κ3) is 9.99. The minimum Gasteiger partial charge on any atom is -0.372 e. The van der Waals surface area contributed by atoms with E-state index in [1.54, 1.807) is 48.5 Å². The SMILES string of the molecule is CCC(NC(=O)[C@@H]1C[C@@H](OCc2ccccc2)CN1C(=O)[C@H](NC(=O)[C@H](NC(=O)c1cnccn1)C(C)C)C(C)C)C(=O)C(=O)C(C)C. The molecule has 3 N–H and O–H groups in total. The van der Waals surface area contributed by atoms with Gasteiger partial charge in [0, 0.05) is 31.3 Å². The van der Waals surface area contributed by atoms with E-state index in [4.69, 9.17) is 4.74 Å². The van der Waals surface area contributed by atoms with Crippen LogP contribution < -0.4 is 16.0 Å². The van der Waals surface area contributed by atoms with Crippen molar-refractivity contribution in [3.05, 3.63) is 60.2 Å². The molecule has 0 spiro atoms. The summed E-state index contributed by atoms with van der Waals surface area (Å²) in [5.41, 5.74) is 0.960. The van der Waals surface area contributed by atoms with Gasteiger partial charge in [-0.2, -0.15) is 0 Å². The first-order chi connectivity index (χ1) is 22.7. The maximum absolute atomic E-state index is 14.2. The van der Waals surface area contributed by atoms with Crippen LogP contribution in [0.4, 0.5) is 0 Å². The van der Waals surface area contributed by atoms with E-state index in [9.17, 15) is 28.8 Å². The molecule has 0 aliphatic carbocycles. The lowest BCUT2D eigenvalue weighted by Crippen LogP contribution is -2.59. The standard InChI is InChI=1S/C35H48N6O7/c1-8-25(31(43)30(42)22(6)7)38-33(45)27-16-24(48-19-23-12-10-9-11-13-23)18-41(27)35(47)29(21(4)5)40-34(46)28(20(2)3)39-32(44)26-17-36-14-15-37-26/h9-15,17,20-22,24-25,27-29H,8,16,18-19H2,1-7H3,(H,38,45)(H,39,44)(H,40,46)/t24-,25?,27+,28-,29-/m1/s1. The van der Waals surface area contributed by atoms with Crippen LogP contribution in [0.1, 0.15) is 77.4 Å². The van der Waals surface area contributed by atoms with E-state index in [0.29, 0.717) is 0 Å². The van der Waals surface area contributed by atoms with Crippen molar-refractivity contribution in [1.82, 2.24) is 30.8 Å². The summed E-state index contributed by atoms with van der Waals surface area (Å²) in [5.74, 6) is -4.80. The number of ether oxygens (including phenoxy) is 1. The zero-order chi connectivity index (χ0) is 35.5.